The van der Waals surface area contributed by atoms with Gasteiger partial charge in [0.25, 0.3) is 0 Å². The molecular formula is C17H14Cl2FN3O2S. The number of carbonyl (C=O) groups is 1. The Morgan fingerprint density at radius 3 is 2.88 bits per heavy atom. The Bertz CT molecular complexity index is 928. The number of carboxylic acid groups (broad SMARTS) is 1. The molecule has 136 valence electrons. The van der Waals surface area contributed by atoms with Crippen LogP contribution in [-0.2, 0) is 4.79 Å². The summed E-state index contributed by atoms with van der Waals surface area (Å²) >= 11 is 7.58. The number of nitrogens with zero attached hydrogens (tertiary/aromatic N) is 3. The van der Waals surface area contributed by atoms with Crippen LogP contribution in [0.3, 0.4) is 0 Å². The maximum absolute atomic E-state index is 14.3. The molecule has 26 heavy (non-hydrogen) atoms. The smallest absolute Gasteiger partial charge is 0.305 e. The van der Waals surface area contributed by atoms with Gasteiger partial charge in [-0.2, -0.15) is 0 Å². The fraction of sp³-hybridized carbons (Fsp3) is 0.235. The van der Waals surface area contributed by atoms with Gasteiger partial charge in [-0.15, -0.1) is 23.7 Å². The summed E-state index contributed by atoms with van der Waals surface area (Å²) in [6.07, 6.45) is -0.0294. The molecule has 9 heteroatoms. The zero-order valence-corrected chi connectivity index (χ0v) is 15.7. The minimum absolute atomic E-state index is 0. The molecule has 1 aromatic heterocycles. The Hall–Kier alpha value is -1.96. The molecule has 0 radical (unpaired) electrons. The summed E-state index contributed by atoms with van der Waals surface area (Å²) in [6, 6.07) is 7.95. The van der Waals surface area contributed by atoms with E-state index < -0.39 is 5.97 Å². The second-order valence-corrected chi connectivity index (χ2v) is 7.48. The van der Waals surface area contributed by atoms with E-state index in [2.05, 4.69) is 9.98 Å². The van der Waals surface area contributed by atoms with Crippen LogP contribution in [0.2, 0.25) is 4.34 Å². The maximum Gasteiger partial charge on any atom is 0.305 e. The number of thiophene rings is 1. The molecule has 0 spiro atoms. The molecular weight excluding hydrogens is 400 g/mol. The molecule has 0 amide bonds. The van der Waals surface area contributed by atoms with Gasteiger partial charge in [0.15, 0.2) is 0 Å². The average Bonchev–Trinajstić information content (AvgIpc) is 3.09. The molecule has 2 aliphatic rings. The number of anilines is 1. The minimum atomic E-state index is -0.882. The Labute approximate surface area is 164 Å². The van der Waals surface area contributed by atoms with Crippen LogP contribution in [0.25, 0.3) is 0 Å². The van der Waals surface area contributed by atoms with Crippen molar-refractivity contribution in [2.24, 2.45) is 9.98 Å². The summed E-state index contributed by atoms with van der Waals surface area (Å²) in [6.45, 7) is 0.740. The van der Waals surface area contributed by atoms with Crippen molar-refractivity contribution in [3.05, 3.63) is 51.6 Å². The Balaban J connectivity index is 0.00000196. The van der Waals surface area contributed by atoms with E-state index in [1.165, 1.54) is 17.4 Å². The third-order valence-electron chi connectivity index (χ3n) is 4.14. The molecule has 5 nitrogen and oxygen atoms in total. The number of fused-ring (bicyclic) bond motifs is 3. The number of halogens is 3. The van der Waals surface area contributed by atoms with Crippen molar-refractivity contribution in [3.63, 3.8) is 0 Å². The maximum atomic E-state index is 14.3. The van der Waals surface area contributed by atoms with Gasteiger partial charge < -0.3 is 10.0 Å². The highest BCUT2D eigenvalue weighted by Crippen LogP contribution is 2.39. The standard InChI is InChI=1S/C17H13ClFN3O2S.ClH/c18-13-6-11-16(10-3-1-2-4-12(10)19)20-7-14-21-9(5-15(23)24)8-22(14)17(11)25-13;/h1-4,6,9H,5,7-8H2,(H,23,24);1H. The number of aliphatic carboxylic acids is 1. The number of aliphatic imine (C=N–C) groups is 2. The zero-order valence-electron chi connectivity index (χ0n) is 13.4. The lowest BCUT2D eigenvalue weighted by molar-refractivity contribution is -0.137. The van der Waals surface area contributed by atoms with Gasteiger partial charge >= 0.3 is 5.97 Å². The number of hydrogen-bond donors (Lipinski definition) is 1. The third kappa shape index (κ3) is 3.34. The topological polar surface area (TPSA) is 65.3 Å². The summed E-state index contributed by atoms with van der Waals surface area (Å²) < 4.78 is 14.9. The van der Waals surface area contributed by atoms with Crippen molar-refractivity contribution < 1.29 is 14.3 Å². The predicted molar refractivity (Wildman–Crippen MR) is 104 cm³/mol. The first kappa shape index (κ1) is 18.8. The van der Waals surface area contributed by atoms with Crippen molar-refractivity contribution in [2.75, 3.05) is 18.0 Å². The average molecular weight is 414 g/mol. The van der Waals surface area contributed by atoms with E-state index in [4.69, 9.17) is 16.7 Å². The molecule has 4 rings (SSSR count). The molecule has 2 aromatic rings. The van der Waals surface area contributed by atoms with E-state index in [9.17, 15) is 9.18 Å². The lowest BCUT2D eigenvalue weighted by Gasteiger charge is -2.18. The van der Waals surface area contributed by atoms with Crippen LogP contribution >= 0.6 is 35.3 Å². The number of carboxylic acids is 1. The van der Waals surface area contributed by atoms with Gasteiger partial charge in [0.1, 0.15) is 16.7 Å². The van der Waals surface area contributed by atoms with Crippen molar-refractivity contribution in [2.45, 2.75) is 12.5 Å². The Morgan fingerprint density at radius 2 is 2.15 bits per heavy atom. The Morgan fingerprint density at radius 1 is 1.38 bits per heavy atom. The van der Waals surface area contributed by atoms with E-state index in [-0.39, 0.29) is 37.2 Å². The van der Waals surface area contributed by atoms with Crippen molar-refractivity contribution in [1.82, 2.24) is 0 Å². The second-order valence-electron chi connectivity index (χ2n) is 5.82. The molecule has 1 aromatic carbocycles. The van der Waals surface area contributed by atoms with E-state index >= 15 is 0 Å². The highest BCUT2D eigenvalue weighted by molar-refractivity contribution is 7.20. The Kier molecular flexibility index (Phi) is 5.32. The minimum Gasteiger partial charge on any atom is -0.481 e. The van der Waals surface area contributed by atoms with Crippen LogP contribution in [0.4, 0.5) is 9.39 Å². The first-order chi connectivity index (χ1) is 12.0. The molecule has 0 saturated carbocycles. The fourth-order valence-corrected chi connectivity index (χ4v) is 4.36. The number of benzene rings is 1. The lowest BCUT2D eigenvalue weighted by Crippen LogP contribution is -2.30. The highest BCUT2D eigenvalue weighted by atomic mass is 35.5. The SMILES string of the molecule is Cl.O=C(O)CC1CN2C(=N1)CN=C(c1ccccc1F)c1cc(Cl)sc12. The summed E-state index contributed by atoms with van der Waals surface area (Å²) in [5.74, 6) is -0.536. The van der Waals surface area contributed by atoms with Crippen LogP contribution in [0.1, 0.15) is 17.5 Å². The first-order valence-electron chi connectivity index (χ1n) is 7.68. The van der Waals surface area contributed by atoms with E-state index in [1.807, 2.05) is 4.90 Å². The molecule has 1 unspecified atom stereocenters. The second kappa shape index (κ2) is 7.34. The summed E-state index contributed by atoms with van der Waals surface area (Å²) in [4.78, 5) is 22.0. The van der Waals surface area contributed by atoms with Crippen LogP contribution < -0.4 is 4.90 Å². The van der Waals surface area contributed by atoms with Gasteiger partial charge in [-0.1, -0.05) is 23.7 Å². The summed E-state index contributed by atoms with van der Waals surface area (Å²) in [7, 11) is 0. The molecule has 0 fully saturated rings. The van der Waals surface area contributed by atoms with Crippen LogP contribution in [0.15, 0.2) is 40.3 Å². The van der Waals surface area contributed by atoms with Crippen LogP contribution in [0, 0.1) is 5.82 Å². The van der Waals surface area contributed by atoms with Gasteiger partial charge in [0.05, 0.1) is 29.1 Å². The monoisotopic (exact) mass is 413 g/mol. The lowest BCUT2D eigenvalue weighted by atomic mass is 10.0. The fourth-order valence-electron chi connectivity index (χ4n) is 3.12. The molecule has 0 aliphatic carbocycles. The number of rotatable bonds is 3. The molecule has 0 bridgehead atoms. The van der Waals surface area contributed by atoms with E-state index in [1.54, 1.807) is 24.3 Å². The normalized spacial score (nSPS) is 18.2. The van der Waals surface area contributed by atoms with Crippen molar-refractivity contribution in [3.8, 4) is 0 Å². The number of hydrogen-bond acceptors (Lipinski definition) is 5. The van der Waals surface area contributed by atoms with Crippen LogP contribution in [0.5, 0.6) is 0 Å². The predicted octanol–water partition coefficient (Wildman–Crippen LogP) is 3.88. The molecule has 0 saturated heterocycles. The quantitative estimate of drug-likeness (QED) is 0.829. The molecule has 1 atom stereocenters. The van der Waals surface area contributed by atoms with Crippen molar-refractivity contribution >= 4 is 57.9 Å². The van der Waals surface area contributed by atoms with Gasteiger partial charge in [-0.25, -0.2) is 4.39 Å². The van der Waals surface area contributed by atoms with Gasteiger partial charge in [0, 0.05) is 17.7 Å². The third-order valence-corrected chi connectivity index (χ3v) is 5.42. The molecule has 1 N–H and O–H groups in total. The van der Waals surface area contributed by atoms with Gasteiger partial charge in [0.2, 0.25) is 0 Å². The summed E-state index contributed by atoms with van der Waals surface area (Å²) in [5.41, 5.74) is 1.71. The largest absolute Gasteiger partial charge is 0.481 e. The first-order valence-corrected chi connectivity index (χ1v) is 8.87. The highest BCUT2D eigenvalue weighted by Gasteiger charge is 2.33. The van der Waals surface area contributed by atoms with Gasteiger partial charge in [-0.3, -0.25) is 14.8 Å². The molecule has 2 aliphatic heterocycles. The zero-order chi connectivity index (χ0) is 17.6. The van der Waals surface area contributed by atoms with E-state index in [0.29, 0.717) is 28.0 Å². The van der Waals surface area contributed by atoms with Gasteiger partial charge in [-0.05, 0) is 18.2 Å². The molecule has 3 heterocycles. The number of amidine groups is 1. The summed E-state index contributed by atoms with van der Waals surface area (Å²) in [5, 5.41) is 9.84. The van der Waals surface area contributed by atoms with Crippen LogP contribution in [-0.4, -0.2) is 41.8 Å². The van der Waals surface area contributed by atoms with E-state index in [0.717, 1.165) is 10.6 Å². The van der Waals surface area contributed by atoms with Crippen molar-refractivity contribution in [1.29, 1.82) is 0 Å².